The van der Waals surface area contributed by atoms with Gasteiger partial charge in [0, 0.05) is 9.26 Å². The quantitative estimate of drug-likeness (QED) is 0.582. The maximum Gasteiger partial charge on any atom is 0.0994 e. The van der Waals surface area contributed by atoms with Crippen LogP contribution in [0.2, 0.25) is 0 Å². The fraction of sp³-hybridized carbons (Fsp3) is 0.222. The van der Waals surface area contributed by atoms with E-state index in [1.54, 1.807) is 0 Å². The van der Waals surface area contributed by atoms with E-state index in [9.17, 15) is 0 Å². The highest BCUT2D eigenvalue weighted by molar-refractivity contribution is 14.1. The lowest BCUT2D eigenvalue weighted by Crippen LogP contribution is -1.98. The minimum atomic E-state index is 0.714. The number of halogens is 1. The molecular formula is C9H9IN2. The minimum Gasteiger partial charge on any atom is -0.398 e. The highest BCUT2D eigenvalue weighted by atomic mass is 127. The zero-order valence-electron chi connectivity index (χ0n) is 6.98. The maximum absolute atomic E-state index is 8.76. The zero-order chi connectivity index (χ0) is 9.30. The van der Waals surface area contributed by atoms with Gasteiger partial charge < -0.3 is 5.73 Å². The van der Waals surface area contributed by atoms with Gasteiger partial charge in [-0.25, -0.2) is 0 Å². The molecule has 2 nitrogen and oxygen atoms in total. The van der Waals surface area contributed by atoms with Crippen LogP contribution >= 0.6 is 22.6 Å². The van der Waals surface area contributed by atoms with Gasteiger partial charge in [0.15, 0.2) is 0 Å². The second-order valence-corrected chi connectivity index (χ2v) is 3.78. The van der Waals surface area contributed by atoms with E-state index in [0.717, 1.165) is 20.4 Å². The third kappa shape index (κ3) is 1.39. The zero-order valence-corrected chi connectivity index (χ0v) is 9.14. The Labute approximate surface area is 85.5 Å². The number of hydrogen-bond donors (Lipinski definition) is 1. The highest BCUT2D eigenvalue weighted by Crippen LogP contribution is 2.25. The average molecular weight is 272 g/mol. The van der Waals surface area contributed by atoms with Gasteiger partial charge in [-0.2, -0.15) is 5.26 Å². The van der Waals surface area contributed by atoms with Crippen molar-refractivity contribution in [3.63, 3.8) is 0 Å². The number of aryl methyl sites for hydroxylation is 1. The predicted octanol–water partition coefficient (Wildman–Crippen LogP) is 2.36. The third-order valence-electron chi connectivity index (χ3n) is 1.88. The van der Waals surface area contributed by atoms with Gasteiger partial charge in [-0.1, -0.05) is 0 Å². The first-order valence-corrected chi connectivity index (χ1v) is 4.61. The molecule has 0 aliphatic rings. The van der Waals surface area contributed by atoms with Crippen LogP contribution in [0, 0.1) is 28.7 Å². The van der Waals surface area contributed by atoms with E-state index in [1.807, 2.05) is 19.9 Å². The largest absolute Gasteiger partial charge is 0.398 e. The van der Waals surface area contributed by atoms with E-state index < -0.39 is 0 Å². The van der Waals surface area contributed by atoms with Crippen LogP contribution in [-0.2, 0) is 0 Å². The number of nitrogen functional groups attached to an aromatic ring is 1. The van der Waals surface area contributed by atoms with Crippen molar-refractivity contribution in [3.05, 3.63) is 26.3 Å². The standard InChI is InChI=1S/C9H9IN2/c1-5-3-7(4-11)6(2)8(10)9(5)12/h3H,12H2,1-2H3. The SMILES string of the molecule is Cc1cc(C#N)c(C)c(I)c1N. The second-order valence-electron chi connectivity index (χ2n) is 2.71. The molecule has 0 saturated heterocycles. The average Bonchev–Trinajstić information content (AvgIpc) is 2.08. The minimum absolute atomic E-state index is 0.714. The van der Waals surface area contributed by atoms with Crippen LogP contribution in [0.3, 0.4) is 0 Å². The lowest BCUT2D eigenvalue weighted by molar-refractivity contribution is 1.32. The number of anilines is 1. The number of nitriles is 1. The molecule has 0 bridgehead atoms. The Kier molecular flexibility index (Phi) is 2.58. The van der Waals surface area contributed by atoms with E-state index in [-0.39, 0.29) is 0 Å². The molecule has 0 heterocycles. The Balaban J connectivity index is 3.52. The van der Waals surface area contributed by atoms with E-state index in [2.05, 4.69) is 28.7 Å². The summed E-state index contributed by atoms with van der Waals surface area (Å²) in [6.07, 6.45) is 0. The summed E-state index contributed by atoms with van der Waals surface area (Å²) in [7, 11) is 0. The Bertz CT molecular complexity index is 364. The van der Waals surface area contributed by atoms with Crippen molar-refractivity contribution >= 4 is 28.3 Å². The first kappa shape index (κ1) is 9.33. The molecule has 2 N–H and O–H groups in total. The Morgan fingerprint density at radius 3 is 2.58 bits per heavy atom. The molecule has 1 rings (SSSR count). The van der Waals surface area contributed by atoms with E-state index >= 15 is 0 Å². The van der Waals surface area contributed by atoms with E-state index in [1.165, 1.54) is 0 Å². The molecule has 0 spiro atoms. The van der Waals surface area contributed by atoms with Crippen molar-refractivity contribution in [2.24, 2.45) is 0 Å². The lowest BCUT2D eigenvalue weighted by atomic mass is 10.1. The molecule has 12 heavy (non-hydrogen) atoms. The summed E-state index contributed by atoms with van der Waals surface area (Å²) in [6.45, 7) is 3.83. The number of rotatable bonds is 0. The summed E-state index contributed by atoms with van der Waals surface area (Å²) in [4.78, 5) is 0. The summed E-state index contributed by atoms with van der Waals surface area (Å²) in [6, 6.07) is 3.97. The topological polar surface area (TPSA) is 49.8 Å². The van der Waals surface area contributed by atoms with Gasteiger partial charge >= 0.3 is 0 Å². The fourth-order valence-electron chi connectivity index (χ4n) is 1.01. The van der Waals surface area contributed by atoms with Crippen LogP contribution in [0.5, 0.6) is 0 Å². The summed E-state index contributed by atoms with van der Waals surface area (Å²) >= 11 is 2.17. The summed E-state index contributed by atoms with van der Waals surface area (Å²) in [5, 5.41) is 8.76. The van der Waals surface area contributed by atoms with Crippen molar-refractivity contribution in [1.82, 2.24) is 0 Å². The molecule has 0 atom stereocenters. The molecule has 3 heteroatoms. The maximum atomic E-state index is 8.76. The number of nitrogens with two attached hydrogens (primary N) is 1. The second kappa shape index (κ2) is 3.31. The first-order valence-electron chi connectivity index (χ1n) is 3.53. The van der Waals surface area contributed by atoms with Crippen molar-refractivity contribution < 1.29 is 0 Å². The fourth-order valence-corrected chi connectivity index (χ4v) is 1.73. The number of hydrogen-bond acceptors (Lipinski definition) is 2. The van der Waals surface area contributed by atoms with E-state index in [4.69, 9.17) is 11.0 Å². The molecule has 0 saturated carbocycles. The van der Waals surface area contributed by atoms with Crippen LogP contribution in [0.25, 0.3) is 0 Å². The van der Waals surface area contributed by atoms with Gasteiger partial charge in [0.2, 0.25) is 0 Å². The van der Waals surface area contributed by atoms with Gasteiger partial charge in [-0.15, -0.1) is 0 Å². The van der Waals surface area contributed by atoms with Crippen LogP contribution in [0.4, 0.5) is 5.69 Å². The molecule has 0 fully saturated rings. The first-order chi connectivity index (χ1) is 5.57. The Morgan fingerprint density at radius 2 is 2.08 bits per heavy atom. The Hall–Kier alpha value is -0.760. The van der Waals surface area contributed by atoms with Gasteiger partial charge in [0.25, 0.3) is 0 Å². The highest BCUT2D eigenvalue weighted by Gasteiger charge is 2.07. The van der Waals surface area contributed by atoms with Gasteiger partial charge in [0.05, 0.1) is 11.6 Å². The van der Waals surface area contributed by atoms with Gasteiger partial charge in [-0.05, 0) is 53.6 Å². The lowest BCUT2D eigenvalue weighted by Gasteiger charge is -2.07. The molecule has 62 valence electrons. The molecule has 0 unspecified atom stereocenters. The van der Waals surface area contributed by atoms with Crippen molar-refractivity contribution in [1.29, 1.82) is 5.26 Å². The molecule has 1 aromatic carbocycles. The van der Waals surface area contributed by atoms with Crippen molar-refractivity contribution in [2.45, 2.75) is 13.8 Å². The molecule has 0 aliphatic heterocycles. The summed E-state index contributed by atoms with van der Waals surface area (Å²) in [5.74, 6) is 0. The van der Waals surface area contributed by atoms with Gasteiger partial charge in [-0.3, -0.25) is 0 Å². The Morgan fingerprint density at radius 1 is 1.50 bits per heavy atom. The number of benzene rings is 1. The van der Waals surface area contributed by atoms with Crippen LogP contribution < -0.4 is 5.73 Å². The van der Waals surface area contributed by atoms with Gasteiger partial charge in [0.1, 0.15) is 0 Å². The third-order valence-corrected chi connectivity index (χ3v) is 3.27. The summed E-state index contributed by atoms with van der Waals surface area (Å²) < 4.78 is 0.990. The van der Waals surface area contributed by atoms with Crippen molar-refractivity contribution in [2.75, 3.05) is 5.73 Å². The van der Waals surface area contributed by atoms with Crippen LogP contribution in [0.15, 0.2) is 6.07 Å². The molecule has 0 aromatic heterocycles. The molecule has 0 amide bonds. The molecular weight excluding hydrogens is 263 g/mol. The molecule has 1 aromatic rings. The molecule has 0 radical (unpaired) electrons. The smallest absolute Gasteiger partial charge is 0.0994 e. The summed E-state index contributed by atoms with van der Waals surface area (Å²) in [5.41, 5.74) is 9.23. The molecule has 0 aliphatic carbocycles. The van der Waals surface area contributed by atoms with Crippen molar-refractivity contribution in [3.8, 4) is 6.07 Å². The monoisotopic (exact) mass is 272 g/mol. The normalized spacial score (nSPS) is 9.50. The van der Waals surface area contributed by atoms with Crippen LogP contribution in [0.1, 0.15) is 16.7 Å². The van der Waals surface area contributed by atoms with E-state index in [0.29, 0.717) is 5.56 Å². The predicted molar refractivity (Wildman–Crippen MR) is 57.8 cm³/mol. The number of nitrogens with zero attached hydrogens (tertiary/aromatic N) is 1. The van der Waals surface area contributed by atoms with Crippen LogP contribution in [-0.4, -0.2) is 0 Å².